The molecule has 1 aromatic rings. The van der Waals surface area contributed by atoms with Crippen molar-refractivity contribution in [3.8, 4) is 5.75 Å². The number of nitrogens with zero attached hydrogens (tertiary/aromatic N) is 1. The molecule has 0 saturated heterocycles. The Morgan fingerprint density at radius 1 is 1.38 bits per heavy atom. The van der Waals surface area contributed by atoms with Crippen molar-refractivity contribution in [1.82, 2.24) is 0 Å². The molecule has 1 unspecified atom stereocenters. The van der Waals surface area contributed by atoms with Crippen LogP contribution in [-0.2, 0) is 9.53 Å². The van der Waals surface area contributed by atoms with Gasteiger partial charge in [0.2, 0.25) is 0 Å². The number of aryl methyl sites for hydroxylation is 2. The molecule has 0 fully saturated rings. The van der Waals surface area contributed by atoms with Crippen LogP contribution in [0.2, 0.25) is 0 Å². The van der Waals surface area contributed by atoms with Gasteiger partial charge in [-0.15, -0.1) is 0 Å². The maximum atomic E-state index is 10.9. The van der Waals surface area contributed by atoms with Crippen LogP contribution >= 0.6 is 0 Å². The van der Waals surface area contributed by atoms with Crippen molar-refractivity contribution in [2.75, 3.05) is 13.2 Å². The van der Waals surface area contributed by atoms with E-state index in [0.717, 1.165) is 0 Å². The van der Waals surface area contributed by atoms with Crippen molar-refractivity contribution >= 4 is 11.7 Å². The summed E-state index contributed by atoms with van der Waals surface area (Å²) in [6.07, 6.45) is -0.701. The highest BCUT2D eigenvalue weighted by molar-refractivity contribution is 5.72. The van der Waals surface area contributed by atoms with E-state index in [-0.39, 0.29) is 18.7 Å². The number of carboxylic acids is 1. The Kier molecular flexibility index (Phi) is 6.10. The first kappa shape index (κ1) is 16.9. The molecule has 7 heteroatoms. The fourth-order valence-corrected chi connectivity index (χ4v) is 1.88. The predicted molar refractivity (Wildman–Crippen MR) is 75.7 cm³/mol. The third-order valence-electron chi connectivity index (χ3n) is 2.97. The van der Waals surface area contributed by atoms with Gasteiger partial charge in [0, 0.05) is 24.7 Å². The summed E-state index contributed by atoms with van der Waals surface area (Å²) >= 11 is 0. The minimum absolute atomic E-state index is 0.0394. The first-order valence-electron chi connectivity index (χ1n) is 6.59. The second kappa shape index (κ2) is 7.58. The molecule has 0 heterocycles. The third kappa shape index (κ3) is 4.71. The van der Waals surface area contributed by atoms with E-state index in [1.54, 1.807) is 26.8 Å². The van der Waals surface area contributed by atoms with Crippen LogP contribution in [0.15, 0.2) is 12.1 Å². The van der Waals surface area contributed by atoms with Crippen LogP contribution in [-0.4, -0.2) is 35.3 Å². The number of benzene rings is 1. The van der Waals surface area contributed by atoms with Gasteiger partial charge in [0.05, 0.1) is 11.5 Å². The number of nitro groups is 1. The summed E-state index contributed by atoms with van der Waals surface area (Å²) in [7, 11) is 0. The molecular formula is C14H19NO6. The van der Waals surface area contributed by atoms with Gasteiger partial charge in [0.15, 0.2) is 6.10 Å². The number of ether oxygens (including phenoxy) is 2. The number of rotatable bonds is 8. The van der Waals surface area contributed by atoms with Crippen molar-refractivity contribution in [1.29, 1.82) is 0 Å². The van der Waals surface area contributed by atoms with Gasteiger partial charge in [0.25, 0.3) is 5.69 Å². The van der Waals surface area contributed by atoms with Crippen molar-refractivity contribution in [3.63, 3.8) is 0 Å². The highest BCUT2D eigenvalue weighted by Gasteiger charge is 2.18. The second-order valence-corrected chi connectivity index (χ2v) is 4.58. The lowest BCUT2D eigenvalue weighted by molar-refractivity contribution is -0.385. The summed E-state index contributed by atoms with van der Waals surface area (Å²) in [6.45, 7) is 5.53. The normalized spacial score (nSPS) is 12.0. The lowest BCUT2D eigenvalue weighted by Gasteiger charge is -2.14. The summed E-state index contributed by atoms with van der Waals surface area (Å²) in [5.74, 6) is -0.518. The molecule has 0 bridgehead atoms. The molecule has 1 aromatic carbocycles. The molecule has 21 heavy (non-hydrogen) atoms. The summed E-state index contributed by atoms with van der Waals surface area (Å²) in [6, 6.07) is 3.03. The fourth-order valence-electron chi connectivity index (χ4n) is 1.88. The largest absolute Gasteiger partial charge is 0.493 e. The molecule has 0 amide bonds. The van der Waals surface area contributed by atoms with E-state index in [0.29, 0.717) is 23.5 Å². The summed E-state index contributed by atoms with van der Waals surface area (Å²) in [4.78, 5) is 21.3. The quantitative estimate of drug-likeness (QED) is 0.584. The number of carboxylic acid groups (broad SMARTS) is 1. The average Bonchev–Trinajstić information content (AvgIpc) is 2.40. The first-order valence-corrected chi connectivity index (χ1v) is 6.59. The van der Waals surface area contributed by atoms with Crippen LogP contribution in [0.3, 0.4) is 0 Å². The van der Waals surface area contributed by atoms with E-state index in [9.17, 15) is 14.9 Å². The van der Waals surface area contributed by atoms with Crippen LogP contribution in [0.1, 0.15) is 24.5 Å². The molecule has 0 aromatic heterocycles. The smallest absolute Gasteiger partial charge is 0.332 e. The lowest BCUT2D eigenvalue weighted by Crippen LogP contribution is -2.26. The number of nitro benzene ring substituents is 1. The topological polar surface area (TPSA) is 98.9 Å². The Labute approximate surface area is 122 Å². The Morgan fingerprint density at radius 3 is 2.57 bits per heavy atom. The Morgan fingerprint density at radius 2 is 2.05 bits per heavy atom. The molecule has 0 spiro atoms. The molecule has 1 N–H and O–H groups in total. The Hall–Kier alpha value is -2.15. The van der Waals surface area contributed by atoms with Gasteiger partial charge in [-0.1, -0.05) is 0 Å². The molecule has 0 aliphatic heterocycles. The Bertz CT molecular complexity index is 528. The van der Waals surface area contributed by atoms with Crippen LogP contribution < -0.4 is 4.74 Å². The van der Waals surface area contributed by atoms with E-state index in [1.165, 1.54) is 6.07 Å². The van der Waals surface area contributed by atoms with Crippen molar-refractivity contribution in [3.05, 3.63) is 33.4 Å². The molecule has 116 valence electrons. The molecule has 7 nitrogen and oxygen atoms in total. The van der Waals surface area contributed by atoms with Gasteiger partial charge in [0.1, 0.15) is 5.75 Å². The van der Waals surface area contributed by atoms with Gasteiger partial charge < -0.3 is 14.6 Å². The van der Waals surface area contributed by atoms with E-state index in [2.05, 4.69) is 0 Å². The van der Waals surface area contributed by atoms with E-state index >= 15 is 0 Å². The zero-order valence-electron chi connectivity index (χ0n) is 12.3. The molecule has 1 rings (SSSR count). The molecule has 1 atom stereocenters. The van der Waals surface area contributed by atoms with Crippen molar-refractivity contribution < 1.29 is 24.3 Å². The van der Waals surface area contributed by atoms with Crippen molar-refractivity contribution in [2.24, 2.45) is 0 Å². The monoisotopic (exact) mass is 297 g/mol. The molecule has 0 radical (unpaired) electrons. The number of aliphatic carboxylic acids is 1. The van der Waals surface area contributed by atoms with Gasteiger partial charge in [-0.2, -0.15) is 0 Å². The molecule has 0 aliphatic rings. The highest BCUT2D eigenvalue weighted by Crippen LogP contribution is 2.27. The van der Waals surface area contributed by atoms with Crippen LogP contribution in [0, 0.1) is 24.0 Å². The van der Waals surface area contributed by atoms with Gasteiger partial charge in [-0.3, -0.25) is 10.1 Å². The second-order valence-electron chi connectivity index (χ2n) is 4.58. The third-order valence-corrected chi connectivity index (χ3v) is 2.97. The minimum atomic E-state index is -1.03. The van der Waals surface area contributed by atoms with Crippen LogP contribution in [0.5, 0.6) is 5.75 Å². The van der Waals surface area contributed by atoms with Crippen LogP contribution in [0.25, 0.3) is 0 Å². The lowest BCUT2D eigenvalue weighted by atomic mass is 10.1. The highest BCUT2D eigenvalue weighted by atomic mass is 16.6. The maximum Gasteiger partial charge on any atom is 0.332 e. The maximum absolute atomic E-state index is 10.9. The van der Waals surface area contributed by atoms with Crippen LogP contribution in [0.4, 0.5) is 5.69 Å². The first-order chi connectivity index (χ1) is 9.86. The molecular weight excluding hydrogens is 278 g/mol. The van der Waals surface area contributed by atoms with Gasteiger partial charge >= 0.3 is 5.97 Å². The number of carbonyl (C=O) groups is 1. The summed E-state index contributed by atoms with van der Waals surface area (Å²) in [5.41, 5.74) is 1.17. The van der Waals surface area contributed by atoms with E-state index < -0.39 is 17.0 Å². The average molecular weight is 297 g/mol. The zero-order chi connectivity index (χ0) is 16.0. The van der Waals surface area contributed by atoms with Crippen molar-refractivity contribution in [2.45, 2.75) is 33.3 Å². The fraction of sp³-hybridized carbons (Fsp3) is 0.500. The predicted octanol–water partition coefficient (Wildman–Crippen LogP) is 2.47. The number of hydrogen-bond acceptors (Lipinski definition) is 5. The number of hydrogen-bond donors (Lipinski definition) is 1. The van der Waals surface area contributed by atoms with E-state index in [1.807, 2.05) is 0 Å². The van der Waals surface area contributed by atoms with Gasteiger partial charge in [-0.05, 0) is 32.4 Å². The summed E-state index contributed by atoms with van der Waals surface area (Å²) < 4.78 is 10.6. The summed E-state index contributed by atoms with van der Waals surface area (Å²) in [5, 5.41) is 19.8. The molecule has 0 aliphatic carbocycles. The van der Waals surface area contributed by atoms with Gasteiger partial charge in [-0.25, -0.2) is 4.79 Å². The zero-order valence-corrected chi connectivity index (χ0v) is 12.3. The Balaban J connectivity index is 2.70. The standard InChI is InChI=1S/C14H19NO6/c1-4-20-12(14(16)17)5-6-21-13-8-9(2)11(15(18)19)7-10(13)3/h7-8,12H,4-6H2,1-3H3,(H,16,17). The SMILES string of the molecule is CCOC(CCOc1cc(C)c([N+](=O)[O-])cc1C)C(=O)O. The molecule has 0 saturated carbocycles. The minimum Gasteiger partial charge on any atom is -0.493 e. The van der Waals surface area contributed by atoms with E-state index in [4.69, 9.17) is 14.6 Å².